The average Bonchev–Trinajstić information content (AvgIpc) is 2.79. The van der Waals surface area contributed by atoms with Gasteiger partial charge in [-0.1, -0.05) is 0 Å². The highest BCUT2D eigenvalue weighted by atomic mass is 16.3. The lowest BCUT2D eigenvalue weighted by atomic mass is 9.75. The molecule has 3 aliphatic rings. The SMILES string of the molecule is NC1(CC(=O)N2CC3CCC(O)C3C2)CCC1. The van der Waals surface area contributed by atoms with Gasteiger partial charge in [0, 0.05) is 31.0 Å². The molecule has 3 fully saturated rings. The zero-order chi connectivity index (χ0) is 12.0. The van der Waals surface area contributed by atoms with Crippen molar-refractivity contribution >= 4 is 5.91 Å². The van der Waals surface area contributed by atoms with Gasteiger partial charge in [-0.2, -0.15) is 0 Å². The topological polar surface area (TPSA) is 66.6 Å². The van der Waals surface area contributed by atoms with Crippen molar-refractivity contribution in [1.82, 2.24) is 4.90 Å². The molecule has 4 nitrogen and oxygen atoms in total. The van der Waals surface area contributed by atoms with E-state index in [1.54, 1.807) is 0 Å². The van der Waals surface area contributed by atoms with E-state index in [2.05, 4.69) is 0 Å². The average molecular weight is 238 g/mol. The number of hydrogen-bond donors (Lipinski definition) is 2. The van der Waals surface area contributed by atoms with Crippen molar-refractivity contribution in [3.05, 3.63) is 0 Å². The highest BCUT2D eigenvalue weighted by Gasteiger charge is 2.44. The first-order valence-corrected chi connectivity index (χ1v) is 6.82. The Morgan fingerprint density at radius 3 is 2.71 bits per heavy atom. The van der Waals surface area contributed by atoms with Gasteiger partial charge in [-0.05, 0) is 38.0 Å². The first-order chi connectivity index (χ1) is 8.07. The van der Waals surface area contributed by atoms with Gasteiger partial charge in [0.15, 0.2) is 0 Å². The summed E-state index contributed by atoms with van der Waals surface area (Å²) in [6.45, 7) is 1.59. The number of nitrogens with two attached hydrogens (primary N) is 1. The Balaban J connectivity index is 1.57. The molecule has 96 valence electrons. The van der Waals surface area contributed by atoms with Gasteiger partial charge in [-0.25, -0.2) is 0 Å². The van der Waals surface area contributed by atoms with Gasteiger partial charge >= 0.3 is 0 Å². The Hall–Kier alpha value is -0.610. The number of fused-ring (bicyclic) bond motifs is 1. The minimum absolute atomic E-state index is 0.187. The highest BCUT2D eigenvalue weighted by molar-refractivity contribution is 5.78. The number of rotatable bonds is 2. The molecule has 0 radical (unpaired) electrons. The van der Waals surface area contributed by atoms with Crippen molar-refractivity contribution in [2.45, 2.75) is 50.2 Å². The second-order valence-corrected chi connectivity index (χ2v) is 6.26. The Morgan fingerprint density at radius 1 is 1.35 bits per heavy atom. The molecular weight excluding hydrogens is 216 g/mol. The van der Waals surface area contributed by atoms with E-state index in [1.165, 1.54) is 0 Å². The van der Waals surface area contributed by atoms with E-state index in [9.17, 15) is 9.90 Å². The molecule has 2 aliphatic carbocycles. The number of aliphatic hydroxyl groups excluding tert-OH is 1. The van der Waals surface area contributed by atoms with Crippen LogP contribution in [-0.4, -0.2) is 40.6 Å². The lowest BCUT2D eigenvalue weighted by Gasteiger charge is -2.38. The van der Waals surface area contributed by atoms with Gasteiger partial charge < -0.3 is 15.7 Å². The molecule has 0 spiro atoms. The van der Waals surface area contributed by atoms with Gasteiger partial charge in [0.25, 0.3) is 0 Å². The summed E-state index contributed by atoms with van der Waals surface area (Å²) in [5.41, 5.74) is 5.90. The van der Waals surface area contributed by atoms with Gasteiger partial charge in [-0.15, -0.1) is 0 Å². The normalized spacial score (nSPS) is 38.9. The molecule has 0 aromatic rings. The number of carbonyl (C=O) groups excluding carboxylic acids is 1. The number of nitrogens with zero attached hydrogens (tertiary/aromatic N) is 1. The Bertz CT molecular complexity index is 327. The number of likely N-dealkylation sites (tertiary alicyclic amines) is 1. The van der Waals surface area contributed by atoms with Gasteiger partial charge in [0.1, 0.15) is 0 Å². The fourth-order valence-corrected chi connectivity index (χ4v) is 3.66. The molecule has 3 N–H and O–H groups in total. The second kappa shape index (κ2) is 3.95. The van der Waals surface area contributed by atoms with Crippen molar-refractivity contribution in [2.24, 2.45) is 17.6 Å². The van der Waals surface area contributed by atoms with Crippen LogP contribution in [0.15, 0.2) is 0 Å². The maximum Gasteiger partial charge on any atom is 0.224 e. The van der Waals surface area contributed by atoms with Crippen molar-refractivity contribution in [3.63, 3.8) is 0 Å². The lowest BCUT2D eigenvalue weighted by Crippen LogP contribution is -2.50. The molecule has 0 aromatic heterocycles. The molecule has 1 saturated heterocycles. The lowest BCUT2D eigenvalue weighted by molar-refractivity contribution is -0.132. The fraction of sp³-hybridized carbons (Fsp3) is 0.923. The first-order valence-electron chi connectivity index (χ1n) is 6.82. The van der Waals surface area contributed by atoms with E-state index in [0.717, 1.165) is 45.2 Å². The third-order valence-corrected chi connectivity index (χ3v) is 5.02. The van der Waals surface area contributed by atoms with E-state index in [-0.39, 0.29) is 17.6 Å². The largest absolute Gasteiger partial charge is 0.393 e. The van der Waals surface area contributed by atoms with Crippen LogP contribution in [0.1, 0.15) is 38.5 Å². The Morgan fingerprint density at radius 2 is 2.12 bits per heavy atom. The zero-order valence-electron chi connectivity index (χ0n) is 10.3. The summed E-state index contributed by atoms with van der Waals surface area (Å²) in [6, 6.07) is 0. The Kier molecular flexibility index (Phi) is 2.67. The van der Waals surface area contributed by atoms with Crippen LogP contribution in [0, 0.1) is 11.8 Å². The molecule has 1 heterocycles. The number of carbonyl (C=O) groups is 1. The monoisotopic (exact) mass is 238 g/mol. The Labute approximate surface area is 102 Å². The summed E-state index contributed by atoms with van der Waals surface area (Å²) in [6.07, 6.45) is 5.44. The third-order valence-electron chi connectivity index (χ3n) is 5.02. The van der Waals surface area contributed by atoms with Crippen LogP contribution in [-0.2, 0) is 4.79 Å². The molecule has 1 aliphatic heterocycles. The summed E-state index contributed by atoms with van der Waals surface area (Å²) in [5.74, 6) is 1.06. The van der Waals surface area contributed by atoms with Crippen LogP contribution >= 0.6 is 0 Å². The fourth-order valence-electron chi connectivity index (χ4n) is 3.66. The molecule has 3 unspecified atom stereocenters. The molecule has 0 bridgehead atoms. The van der Waals surface area contributed by atoms with Crippen LogP contribution in [0.2, 0.25) is 0 Å². The predicted octanol–water partition coefficient (Wildman–Crippen LogP) is 0.487. The van der Waals surface area contributed by atoms with Crippen LogP contribution < -0.4 is 5.73 Å². The molecule has 3 atom stereocenters. The highest BCUT2D eigenvalue weighted by Crippen LogP contribution is 2.39. The van der Waals surface area contributed by atoms with Crippen LogP contribution in [0.5, 0.6) is 0 Å². The van der Waals surface area contributed by atoms with Crippen molar-refractivity contribution in [3.8, 4) is 0 Å². The van der Waals surface area contributed by atoms with Crippen molar-refractivity contribution < 1.29 is 9.90 Å². The zero-order valence-corrected chi connectivity index (χ0v) is 10.3. The van der Waals surface area contributed by atoms with E-state index in [0.29, 0.717) is 18.3 Å². The maximum absolute atomic E-state index is 12.2. The molecule has 1 amide bonds. The summed E-state index contributed by atoms with van der Waals surface area (Å²) >= 11 is 0. The summed E-state index contributed by atoms with van der Waals surface area (Å²) < 4.78 is 0. The maximum atomic E-state index is 12.2. The smallest absolute Gasteiger partial charge is 0.224 e. The third kappa shape index (κ3) is 1.97. The second-order valence-electron chi connectivity index (χ2n) is 6.26. The summed E-state index contributed by atoms with van der Waals surface area (Å²) in [5, 5.41) is 9.83. The number of amides is 1. The predicted molar refractivity (Wildman–Crippen MR) is 64.2 cm³/mol. The minimum atomic E-state index is -0.215. The molecule has 4 heteroatoms. The number of aliphatic hydroxyl groups is 1. The van der Waals surface area contributed by atoms with Crippen LogP contribution in [0.25, 0.3) is 0 Å². The van der Waals surface area contributed by atoms with Crippen molar-refractivity contribution in [2.75, 3.05) is 13.1 Å². The first kappa shape index (κ1) is 11.5. The molecule has 17 heavy (non-hydrogen) atoms. The van der Waals surface area contributed by atoms with E-state index >= 15 is 0 Å². The van der Waals surface area contributed by atoms with Crippen LogP contribution in [0.3, 0.4) is 0 Å². The van der Waals surface area contributed by atoms with E-state index in [4.69, 9.17) is 5.73 Å². The van der Waals surface area contributed by atoms with Gasteiger partial charge in [-0.3, -0.25) is 4.79 Å². The summed E-state index contributed by atoms with van der Waals surface area (Å²) in [7, 11) is 0. The summed E-state index contributed by atoms with van der Waals surface area (Å²) in [4.78, 5) is 14.1. The van der Waals surface area contributed by atoms with Gasteiger partial charge in [0.2, 0.25) is 5.91 Å². The van der Waals surface area contributed by atoms with E-state index < -0.39 is 0 Å². The molecule has 2 saturated carbocycles. The van der Waals surface area contributed by atoms with Crippen LogP contribution in [0.4, 0.5) is 0 Å². The minimum Gasteiger partial charge on any atom is -0.393 e. The standard InChI is InChI=1S/C13H22N2O2/c14-13(4-1-5-13)6-12(17)15-7-9-2-3-11(16)10(9)8-15/h9-11,16H,1-8,14H2. The van der Waals surface area contributed by atoms with Crippen molar-refractivity contribution in [1.29, 1.82) is 0 Å². The molecule has 3 rings (SSSR count). The number of hydrogen-bond acceptors (Lipinski definition) is 3. The molecule has 0 aromatic carbocycles. The van der Waals surface area contributed by atoms with E-state index in [1.807, 2.05) is 4.90 Å². The van der Waals surface area contributed by atoms with Gasteiger partial charge in [0.05, 0.1) is 6.10 Å². The quantitative estimate of drug-likeness (QED) is 0.735. The molecular formula is C13H22N2O2.